The third-order valence-electron chi connectivity index (χ3n) is 1.90. The predicted octanol–water partition coefficient (Wildman–Crippen LogP) is 2.69. The maximum Gasteiger partial charge on any atom is 0.213 e. The van der Waals surface area contributed by atoms with Crippen molar-refractivity contribution in [3.05, 3.63) is 35.2 Å². The number of hydrogen-bond acceptors (Lipinski definition) is 4. The van der Waals surface area contributed by atoms with Gasteiger partial charge in [0.05, 0.1) is 17.7 Å². The van der Waals surface area contributed by atoms with Crippen molar-refractivity contribution in [2.45, 2.75) is 0 Å². The van der Waals surface area contributed by atoms with Crippen LogP contribution in [0.15, 0.2) is 30.3 Å². The van der Waals surface area contributed by atoms with Gasteiger partial charge in [-0.3, -0.25) is 0 Å². The summed E-state index contributed by atoms with van der Waals surface area (Å²) in [5, 5.41) is 8.71. The Kier molecular flexibility index (Phi) is 2.66. The van der Waals surface area contributed by atoms with E-state index in [-0.39, 0.29) is 0 Å². The summed E-state index contributed by atoms with van der Waals surface area (Å²) >= 11 is 1.43. The maximum absolute atomic E-state index is 8.71. The van der Waals surface area contributed by atoms with E-state index in [0.29, 0.717) is 10.8 Å². The van der Waals surface area contributed by atoms with Gasteiger partial charge in [-0.2, -0.15) is 5.26 Å². The van der Waals surface area contributed by atoms with Crippen LogP contribution < -0.4 is 4.74 Å². The SMILES string of the molecule is COc1cccc(-c2ccc(C#N)s2)n1. The molecule has 0 bridgehead atoms. The van der Waals surface area contributed by atoms with Gasteiger partial charge in [0.25, 0.3) is 0 Å². The van der Waals surface area contributed by atoms with Crippen molar-refractivity contribution >= 4 is 11.3 Å². The Morgan fingerprint density at radius 1 is 1.33 bits per heavy atom. The normalized spacial score (nSPS) is 9.60. The van der Waals surface area contributed by atoms with Crippen molar-refractivity contribution in [1.82, 2.24) is 4.98 Å². The zero-order valence-electron chi connectivity index (χ0n) is 8.10. The number of methoxy groups -OCH3 is 1. The van der Waals surface area contributed by atoms with Gasteiger partial charge in [0, 0.05) is 6.07 Å². The first-order valence-corrected chi connectivity index (χ1v) is 5.16. The molecule has 2 rings (SSSR count). The van der Waals surface area contributed by atoms with E-state index in [0.717, 1.165) is 10.6 Å². The van der Waals surface area contributed by atoms with Crippen LogP contribution in [-0.2, 0) is 0 Å². The summed E-state index contributed by atoms with van der Waals surface area (Å²) in [7, 11) is 1.58. The van der Waals surface area contributed by atoms with Crippen LogP contribution in [0.5, 0.6) is 5.88 Å². The Bertz CT molecular complexity index is 513. The molecule has 2 heterocycles. The maximum atomic E-state index is 8.71. The standard InChI is InChI=1S/C11H8N2OS/c1-14-11-4-2-3-9(13-11)10-6-5-8(7-12)15-10/h2-6H,1H3. The first kappa shape index (κ1) is 9.69. The number of pyridine rings is 1. The predicted molar refractivity (Wildman–Crippen MR) is 58.8 cm³/mol. The van der Waals surface area contributed by atoms with Crippen LogP contribution in [0.2, 0.25) is 0 Å². The molecular formula is C11H8N2OS. The molecule has 0 unspecified atom stereocenters. The molecule has 0 atom stereocenters. The summed E-state index contributed by atoms with van der Waals surface area (Å²) in [6.45, 7) is 0. The zero-order valence-corrected chi connectivity index (χ0v) is 8.91. The van der Waals surface area contributed by atoms with E-state index in [9.17, 15) is 0 Å². The van der Waals surface area contributed by atoms with Crippen molar-refractivity contribution in [2.24, 2.45) is 0 Å². The lowest BCUT2D eigenvalue weighted by atomic mass is 10.3. The lowest BCUT2D eigenvalue weighted by Crippen LogP contribution is -1.87. The number of thiophene rings is 1. The Morgan fingerprint density at radius 2 is 2.20 bits per heavy atom. The molecule has 0 aliphatic heterocycles. The number of nitrogens with zero attached hydrogens (tertiary/aromatic N) is 2. The summed E-state index contributed by atoms with van der Waals surface area (Å²) in [6.07, 6.45) is 0. The van der Waals surface area contributed by atoms with E-state index < -0.39 is 0 Å². The van der Waals surface area contributed by atoms with Crippen molar-refractivity contribution < 1.29 is 4.74 Å². The molecule has 15 heavy (non-hydrogen) atoms. The van der Waals surface area contributed by atoms with E-state index in [1.54, 1.807) is 19.2 Å². The number of ether oxygens (including phenoxy) is 1. The van der Waals surface area contributed by atoms with Gasteiger partial charge in [0.15, 0.2) is 0 Å². The third-order valence-corrected chi connectivity index (χ3v) is 2.91. The van der Waals surface area contributed by atoms with Crippen LogP contribution in [-0.4, -0.2) is 12.1 Å². The Morgan fingerprint density at radius 3 is 2.87 bits per heavy atom. The van der Waals surface area contributed by atoms with Crippen LogP contribution >= 0.6 is 11.3 Å². The fourth-order valence-corrected chi connectivity index (χ4v) is 1.97. The molecule has 0 aromatic carbocycles. The van der Waals surface area contributed by atoms with Crippen molar-refractivity contribution in [3.8, 4) is 22.5 Å². The van der Waals surface area contributed by atoms with Gasteiger partial charge >= 0.3 is 0 Å². The van der Waals surface area contributed by atoms with Crippen molar-refractivity contribution in [1.29, 1.82) is 5.26 Å². The minimum absolute atomic E-state index is 0.583. The van der Waals surface area contributed by atoms with Gasteiger partial charge in [-0.1, -0.05) is 6.07 Å². The van der Waals surface area contributed by atoms with Crippen molar-refractivity contribution in [2.75, 3.05) is 7.11 Å². The highest BCUT2D eigenvalue weighted by Gasteiger charge is 2.04. The number of rotatable bonds is 2. The Labute approximate surface area is 91.6 Å². The highest BCUT2D eigenvalue weighted by atomic mass is 32.1. The summed E-state index contributed by atoms with van der Waals surface area (Å²) in [6, 6.07) is 11.4. The summed E-state index contributed by atoms with van der Waals surface area (Å²) in [5.41, 5.74) is 0.834. The van der Waals surface area contributed by atoms with Gasteiger partial charge in [-0.05, 0) is 18.2 Å². The second-order valence-electron chi connectivity index (χ2n) is 2.84. The molecule has 0 amide bonds. The number of hydrogen-bond donors (Lipinski definition) is 0. The van der Waals surface area contributed by atoms with Gasteiger partial charge in [0.2, 0.25) is 5.88 Å². The molecule has 0 fully saturated rings. The van der Waals surface area contributed by atoms with Gasteiger partial charge in [-0.15, -0.1) is 11.3 Å². The lowest BCUT2D eigenvalue weighted by Gasteiger charge is -2.00. The average molecular weight is 216 g/mol. The van der Waals surface area contributed by atoms with Crippen LogP contribution in [0, 0.1) is 11.3 Å². The van der Waals surface area contributed by atoms with Gasteiger partial charge in [-0.25, -0.2) is 4.98 Å². The molecular weight excluding hydrogens is 208 g/mol. The lowest BCUT2D eigenvalue weighted by molar-refractivity contribution is 0.398. The van der Waals surface area contributed by atoms with Crippen LogP contribution in [0.1, 0.15) is 4.88 Å². The first-order chi connectivity index (χ1) is 7.33. The Balaban J connectivity index is 2.41. The molecule has 0 saturated heterocycles. The Hall–Kier alpha value is -1.86. The molecule has 0 radical (unpaired) electrons. The van der Waals surface area contributed by atoms with Gasteiger partial charge < -0.3 is 4.74 Å². The first-order valence-electron chi connectivity index (χ1n) is 4.35. The largest absolute Gasteiger partial charge is 0.481 e. The molecule has 74 valence electrons. The van der Waals surface area contributed by atoms with Crippen LogP contribution in [0.4, 0.5) is 0 Å². The minimum Gasteiger partial charge on any atom is -0.481 e. The van der Waals surface area contributed by atoms with E-state index >= 15 is 0 Å². The molecule has 4 heteroatoms. The highest BCUT2D eigenvalue weighted by Crippen LogP contribution is 2.27. The minimum atomic E-state index is 0.583. The van der Waals surface area contributed by atoms with Crippen molar-refractivity contribution in [3.63, 3.8) is 0 Å². The molecule has 2 aromatic rings. The fraction of sp³-hybridized carbons (Fsp3) is 0.0909. The second kappa shape index (κ2) is 4.11. The topological polar surface area (TPSA) is 45.9 Å². The third kappa shape index (κ3) is 1.97. The second-order valence-corrected chi connectivity index (χ2v) is 3.92. The smallest absolute Gasteiger partial charge is 0.213 e. The molecule has 2 aromatic heterocycles. The highest BCUT2D eigenvalue weighted by molar-refractivity contribution is 7.15. The van der Waals surface area contributed by atoms with Gasteiger partial charge in [0.1, 0.15) is 10.9 Å². The van der Waals surface area contributed by atoms with E-state index in [4.69, 9.17) is 10.00 Å². The molecule has 0 saturated carbocycles. The molecule has 3 nitrogen and oxygen atoms in total. The quantitative estimate of drug-likeness (QED) is 0.775. The van der Waals surface area contributed by atoms with E-state index in [2.05, 4.69) is 11.1 Å². The summed E-state index contributed by atoms with van der Waals surface area (Å²) < 4.78 is 5.04. The zero-order chi connectivity index (χ0) is 10.7. The number of nitriles is 1. The number of aromatic nitrogens is 1. The molecule has 0 aliphatic rings. The summed E-state index contributed by atoms with van der Waals surface area (Å²) in [4.78, 5) is 5.95. The molecule has 0 N–H and O–H groups in total. The monoisotopic (exact) mass is 216 g/mol. The average Bonchev–Trinajstić information content (AvgIpc) is 2.78. The van der Waals surface area contributed by atoms with E-state index in [1.165, 1.54) is 11.3 Å². The molecule has 0 aliphatic carbocycles. The summed E-state index contributed by atoms with van der Waals surface area (Å²) in [5.74, 6) is 0.583. The van der Waals surface area contributed by atoms with Crippen LogP contribution in [0.3, 0.4) is 0 Å². The van der Waals surface area contributed by atoms with E-state index in [1.807, 2.05) is 18.2 Å². The fourth-order valence-electron chi connectivity index (χ4n) is 1.20. The molecule has 0 spiro atoms. The van der Waals surface area contributed by atoms with Crippen LogP contribution in [0.25, 0.3) is 10.6 Å².